The highest BCUT2D eigenvalue weighted by Crippen LogP contribution is 2.25. The van der Waals surface area contributed by atoms with Crippen LogP contribution in [0.3, 0.4) is 0 Å². The Morgan fingerprint density at radius 3 is 2.19 bits per heavy atom. The number of carboxylic acid groups (broad SMARTS) is 1. The average Bonchev–Trinajstić information content (AvgIpc) is 3.43. The quantitative estimate of drug-likeness (QED) is 0.140. The molecule has 182 valence electrons. The molecule has 0 spiro atoms. The molecule has 0 bridgehead atoms. The number of halogens is 1. The number of aryl methyl sites for hydroxylation is 1. The van der Waals surface area contributed by atoms with E-state index in [1.54, 1.807) is 18.2 Å². The van der Waals surface area contributed by atoms with Crippen LogP contribution in [-0.2, 0) is 11.2 Å². The Kier molecular flexibility index (Phi) is 7.88. The summed E-state index contributed by atoms with van der Waals surface area (Å²) in [6, 6.07) is 24.8. The van der Waals surface area contributed by atoms with Gasteiger partial charge in [-0.2, -0.15) is 0 Å². The van der Waals surface area contributed by atoms with Gasteiger partial charge in [0.25, 0.3) is 0 Å². The molecule has 4 aromatic rings. The third-order valence-electron chi connectivity index (χ3n) is 5.57. The second-order valence-corrected chi connectivity index (χ2v) is 8.49. The number of carbonyl (C=O) groups is 2. The average molecular weight is 503 g/mol. The van der Waals surface area contributed by atoms with E-state index >= 15 is 0 Å². The summed E-state index contributed by atoms with van der Waals surface area (Å²) in [5, 5.41) is 20.5. The van der Waals surface area contributed by atoms with E-state index in [4.69, 9.17) is 20.8 Å². The highest BCUT2D eigenvalue weighted by Gasteiger charge is 2.22. The molecule has 0 saturated carbocycles. The number of carboxylic acids is 1. The number of benzene rings is 3. The molecule has 2 N–H and O–H groups in total. The molecule has 1 atom stereocenters. The Morgan fingerprint density at radius 1 is 0.889 bits per heavy atom. The molecule has 0 fully saturated rings. The van der Waals surface area contributed by atoms with Crippen molar-refractivity contribution in [1.29, 1.82) is 0 Å². The molecule has 4 rings (SSSR count). The molecule has 36 heavy (non-hydrogen) atoms. The minimum atomic E-state index is -1.17. The number of ether oxygens (including phenoxy) is 1. The van der Waals surface area contributed by atoms with Gasteiger partial charge in [0.05, 0.1) is 11.8 Å². The first kappa shape index (κ1) is 24.8. The summed E-state index contributed by atoms with van der Waals surface area (Å²) in [5.41, 5.74) is 3.15. The minimum absolute atomic E-state index is 0.122. The van der Waals surface area contributed by atoms with Crippen molar-refractivity contribution in [3.8, 4) is 16.9 Å². The lowest BCUT2D eigenvalue weighted by atomic mass is 10.0. The van der Waals surface area contributed by atoms with E-state index in [1.165, 1.54) is 24.5 Å². The van der Waals surface area contributed by atoms with E-state index in [2.05, 4.69) is 0 Å². The van der Waals surface area contributed by atoms with Crippen LogP contribution in [0.15, 0.2) is 102 Å². The fraction of sp³-hybridized carbons (Fsp3) is 0.103. The molecule has 0 aliphatic heterocycles. The normalized spacial score (nSPS) is 12.2. The van der Waals surface area contributed by atoms with Gasteiger partial charge in [0.1, 0.15) is 5.75 Å². The lowest BCUT2D eigenvalue weighted by Gasteiger charge is -2.17. The van der Waals surface area contributed by atoms with Gasteiger partial charge < -0.3 is 19.4 Å². The Labute approximate surface area is 213 Å². The van der Waals surface area contributed by atoms with Crippen molar-refractivity contribution in [3.63, 3.8) is 0 Å². The van der Waals surface area contributed by atoms with Gasteiger partial charge in [-0.05, 0) is 65.9 Å². The van der Waals surface area contributed by atoms with E-state index < -0.39 is 17.9 Å². The fourth-order valence-corrected chi connectivity index (χ4v) is 3.79. The van der Waals surface area contributed by atoms with E-state index in [9.17, 15) is 19.8 Å². The van der Waals surface area contributed by atoms with Gasteiger partial charge >= 0.3 is 5.97 Å². The highest BCUT2D eigenvalue weighted by molar-refractivity contribution is 6.30. The number of aliphatic carboxylic acids is 1. The van der Waals surface area contributed by atoms with E-state index in [0.717, 1.165) is 22.8 Å². The number of hydrogen-bond acceptors (Lipinski definition) is 5. The van der Waals surface area contributed by atoms with Crippen molar-refractivity contribution in [3.05, 3.63) is 119 Å². The number of aliphatic hydroxyl groups excluding tert-OH is 1. The molecule has 0 aliphatic rings. The summed E-state index contributed by atoms with van der Waals surface area (Å²) in [6.07, 6.45) is 1.89. The summed E-state index contributed by atoms with van der Waals surface area (Å²) >= 11 is 5.95. The maximum Gasteiger partial charge on any atom is 0.344 e. The molecule has 0 radical (unpaired) electrons. The second-order valence-electron chi connectivity index (χ2n) is 8.05. The predicted molar refractivity (Wildman–Crippen MR) is 137 cm³/mol. The summed E-state index contributed by atoms with van der Waals surface area (Å²) in [6.45, 7) is 0. The maximum atomic E-state index is 12.8. The third-order valence-corrected chi connectivity index (χ3v) is 5.82. The zero-order valence-corrected chi connectivity index (χ0v) is 19.9. The Hall–Kier alpha value is -4.29. The SMILES string of the molecule is O=C(/C=C(\O)c1ccco1)c1ccccc1OC(CCc1ccc(-c2ccc(Cl)cc2)cc1)C(=O)O. The molecule has 1 unspecified atom stereocenters. The lowest BCUT2D eigenvalue weighted by molar-refractivity contribution is -0.145. The molecular weight excluding hydrogens is 480 g/mol. The van der Waals surface area contributed by atoms with Crippen LogP contribution in [0, 0.1) is 0 Å². The van der Waals surface area contributed by atoms with Gasteiger partial charge in [-0.15, -0.1) is 0 Å². The number of carbonyl (C=O) groups excluding carboxylic acids is 1. The first-order valence-corrected chi connectivity index (χ1v) is 11.6. The number of furan rings is 1. The number of ketones is 1. The largest absolute Gasteiger partial charge is 0.504 e. The molecular formula is C29H23ClO6. The maximum absolute atomic E-state index is 12.8. The second kappa shape index (κ2) is 11.4. The zero-order valence-electron chi connectivity index (χ0n) is 19.1. The van der Waals surface area contributed by atoms with Gasteiger partial charge in [-0.25, -0.2) is 4.79 Å². The lowest BCUT2D eigenvalue weighted by Crippen LogP contribution is -2.28. The van der Waals surface area contributed by atoms with Gasteiger partial charge in [-0.3, -0.25) is 4.79 Å². The summed E-state index contributed by atoms with van der Waals surface area (Å²) < 4.78 is 10.8. The predicted octanol–water partition coefficient (Wildman–Crippen LogP) is 6.85. The van der Waals surface area contributed by atoms with Gasteiger partial charge in [0.15, 0.2) is 23.4 Å². The zero-order chi connectivity index (χ0) is 25.5. The van der Waals surface area contributed by atoms with E-state index in [-0.39, 0.29) is 29.3 Å². The van der Waals surface area contributed by atoms with Gasteiger partial charge in [0, 0.05) is 11.1 Å². The molecule has 1 aromatic heterocycles. The van der Waals surface area contributed by atoms with Crippen molar-refractivity contribution >= 4 is 29.1 Å². The third kappa shape index (κ3) is 6.23. The van der Waals surface area contributed by atoms with Crippen molar-refractivity contribution < 1.29 is 29.0 Å². The van der Waals surface area contributed by atoms with Gasteiger partial charge in [-0.1, -0.05) is 60.1 Å². The van der Waals surface area contributed by atoms with Crippen molar-refractivity contribution in [2.75, 3.05) is 0 Å². The van der Waals surface area contributed by atoms with Crippen LogP contribution < -0.4 is 4.74 Å². The number of hydrogen-bond donors (Lipinski definition) is 2. The first-order valence-electron chi connectivity index (χ1n) is 11.2. The van der Waals surface area contributed by atoms with Crippen LogP contribution in [-0.4, -0.2) is 28.1 Å². The summed E-state index contributed by atoms with van der Waals surface area (Å²) in [7, 11) is 0. The smallest absolute Gasteiger partial charge is 0.344 e. The van der Waals surface area contributed by atoms with Crippen molar-refractivity contribution in [2.24, 2.45) is 0 Å². The molecule has 0 saturated heterocycles. The fourth-order valence-electron chi connectivity index (χ4n) is 3.66. The van der Waals surface area contributed by atoms with Crippen LogP contribution in [0.25, 0.3) is 16.9 Å². The number of allylic oxidation sites excluding steroid dienone is 1. The van der Waals surface area contributed by atoms with Gasteiger partial charge in [0.2, 0.25) is 0 Å². The molecule has 6 nitrogen and oxygen atoms in total. The standard InChI is InChI=1S/C29H23ClO6/c30-22-14-12-21(13-15-22)20-10-7-19(8-11-20)9-16-28(29(33)34)36-26-5-2-1-4-23(26)24(31)18-25(32)27-6-3-17-35-27/h1-8,10-15,17-18,28,32H,9,16H2,(H,33,34)/b25-18-. The first-order chi connectivity index (χ1) is 17.4. The number of rotatable bonds is 10. The van der Waals surface area contributed by atoms with Crippen LogP contribution in [0.2, 0.25) is 5.02 Å². The van der Waals surface area contributed by atoms with Crippen LogP contribution in [0.5, 0.6) is 5.75 Å². The monoisotopic (exact) mass is 502 g/mol. The van der Waals surface area contributed by atoms with Crippen LogP contribution in [0.1, 0.15) is 28.1 Å². The van der Waals surface area contributed by atoms with Crippen LogP contribution >= 0.6 is 11.6 Å². The Balaban J connectivity index is 1.44. The Morgan fingerprint density at radius 2 is 1.56 bits per heavy atom. The highest BCUT2D eigenvalue weighted by atomic mass is 35.5. The topological polar surface area (TPSA) is 97.0 Å². The Bertz CT molecular complexity index is 1360. The molecule has 7 heteroatoms. The van der Waals surface area contributed by atoms with E-state index in [0.29, 0.717) is 11.4 Å². The number of aliphatic hydroxyl groups is 1. The summed E-state index contributed by atoms with van der Waals surface area (Å²) in [4.78, 5) is 24.7. The molecule has 0 aliphatic carbocycles. The minimum Gasteiger partial charge on any atom is -0.504 e. The van der Waals surface area contributed by atoms with Crippen molar-refractivity contribution in [2.45, 2.75) is 18.9 Å². The van der Waals surface area contributed by atoms with Crippen molar-refractivity contribution in [1.82, 2.24) is 0 Å². The van der Waals surface area contributed by atoms with Crippen LogP contribution in [0.4, 0.5) is 0 Å². The summed E-state index contributed by atoms with van der Waals surface area (Å²) in [5.74, 6) is -1.74. The molecule has 0 amide bonds. The molecule has 3 aromatic carbocycles. The number of para-hydroxylation sites is 1. The van der Waals surface area contributed by atoms with E-state index in [1.807, 2.05) is 48.5 Å². The molecule has 1 heterocycles.